The lowest BCUT2D eigenvalue weighted by Gasteiger charge is -2.26. The molecule has 1 fully saturated rings. The third-order valence-electron chi connectivity index (χ3n) is 4.31. The van der Waals surface area contributed by atoms with E-state index in [4.69, 9.17) is 4.74 Å². The van der Waals surface area contributed by atoms with Crippen molar-refractivity contribution in [1.82, 2.24) is 10.2 Å². The number of hydrogen-bond acceptors (Lipinski definition) is 3. The quantitative estimate of drug-likeness (QED) is 0.887. The Labute approximate surface area is 139 Å². The summed E-state index contributed by atoms with van der Waals surface area (Å²) in [5.41, 5.74) is 5.36. The Bertz CT molecular complexity index is 586. The smallest absolute Gasteiger partial charge is 0.0594 e. The van der Waals surface area contributed by atoms with Crippen LogP contribution in [-0.2, 0) is 24.4 Å². The molecule has 2 aromatic rings. The van der Waals surface area contributed by atoms with Gasteiger partial charge in [-0.15, -0.1) is 0 Å². The third-order valence-corrected chi connectivity index (χ3v) is 4.31. The van der Waals surface area contributed by atoms with Gasteiger partial charge in [0.1, 0.15) is 0 Å². The van der Waals surface area contributed by atoms with E-state index in [1.807, 2.05) is 0 Å². The largest absolute Gasteiger partial charge is 0.379 e. The van der Waals surface area contributed by atoms with E-state index in [0.717, 1.165) is 45.9 Å². The molecule has 1 aliphatic rings. The molecule has 3 heteroatoms. The number of nitrogens with zero attached hydrogens (tertiary/aromatic N) is 1. The van der Waals surface area contributed by atoms with Crippen molar-refractivity contribution < 1.29 is 4.74 Å². The van der Waals surface area contributed by atoms with Crippen LogP contribution in [0.25, 0.3) is 0 Å². The second kappa shape index (κ2) is 8.25. The van der Waals surface area contributed by atoms with Gasteiger partial charge in [0.15, 0.2) is 0 Å². The van der Waals surface area contributed by atoms with Crippen molar-refractivity contribution >= 4 is 0 Å². The molecule has 3 rings (SSSR count). The van der Waals surface area contributed by atoms with Gasteiger partial charge in [-0.1, -0.05) is 54.1 Å². The fourth-order valence-electron chi connectivity index (χ4n) is 2.84. The molecule has 0 amide bonds. The maximum atomic E-state index is 5.39. The maximum absolute atomic E-state index is 5.39. The molecule has 122 valence electrons. The van der Waals surface area contributed by atoms with Crippen molar-refractivity contribution in [1.29, 1.82) is 0 Å². The highest BCUT2D eigenvalue weighted by Crippen LogP contribution is 2.10. The summed E-state index contributed by atoms with van der Waals surface area (Å²) in [5, 5.41) is 3.51. The van der Waals surface area contributed by atoms with Crippen molar-refractivity contribution in [3.05, 3.63) is 70.8 Å². The highest BCUT2D eigenvalue weighted by molar-refractivity contribution is 5.23. The molecule has 0 saturated carbocycles. The van der Waals surface area contributed by atoms with Gasteiger partial charge < -0.3 is 10.1 Å². The Balaban J connectivity index is 1.44. The fraction of sp³-hybridized carbons (Fsp3) is 0.400. The van der Waals surface area contributed by atoms with Crippen LogP contribution in [0.2, 0.25) is 0 Å². The second-order valence-electron chi connectivity index (χ2n) is 6.29. The van der Waals surface area contributed by atoms with Crippen LogP contribution in [0, 0.1) is 6.92 Å². The van der Waals surface area contributed by atoms with E-state index in [-0.39, 0.29) is 0 Å². The lowest BCUT2D eigenvalue weighted by molar-refractivity contribution is 0.0342. The van der Waals surface area contributed by atoms with E-state index < -0.39 is 0 Å². The van der Waals surface area contributed by atoms with Crippen LogP contribution >= 0.6 is 0 Å². The first-order valence-corrected chi connectivity index (χ1v) is 8.44. The summed E-state index contributed by atoms with van der Waals surface area (Å²) in [6.07, 6.45) is 0. The van der Waals surface area contributed by atoms with Gasteiger partial charge in [0, 0.05) is 32.7 Å². The Morgan fingerprint density at radius 1 is 0.826 bits per heavy atom. The van der Waals surface area contributed by atoms with Gasteiger partial charge in [0.25, 0.3) is 0 Å². The molecule has 0 bridgehead atoms. The van der Waals surface area contributed by atoms with Crippen molar-refractivity contribution in [3.63, 3.8) is 0 Å². The van der Waals surface area contributed by atoms with E-state index in [9.17, 15) is 0 Å². The molecule has 0 spiro atoms. The van der Waals surface area contributed by atoms with Crippen LogP contribution in [0.15, 0.2) is 48.5 Å². The molecule has 0 aliphatic carbocycles. The molecule has 3 nitrogen and oxygen atoms in total. The average Bonchev–Trinajstić information content (AvgIpc) is 2.59. The van der Waals surface area contributed by atoms with Gasteiger partial charge in [-0.05, 0) is 23.6 Å². The Kier molecular flexibility index (Phi) is 5.81. The molecule has 1 heterocycles. The molecule has 2 aromatic carbocycles. The number of aryl methyl sites for hydroxylation is 1. The second-order valence-corrected chi connectivity index (χ2v) is 6.29. The van der Waals surface area contributed by atoms with E-state index in [0.29, 0.717) is 0 Å². The van der Waals surface area contributed by atoms with Gasteiger partial charge in [0.05, 0.1) is 13.2 Å². The van der Waals surface area contributed by atoms with E-state index in [1.165, 1.54) is 22.3 Å². The highest BCUT2D eigenvalue weighted by Gasteiger charge is 2.10. The van der Waals surface area contributed by atoms with Crippen LogP contribution in [0.1, 0.15) is 22.3 Å². The first-order valence-electron chi connectivity index (χ1n) is 8.44. The standard InChI is InChI=1S/C20H26N2O/c1-17-2-4-18(5-3-17)14-21-15-19-6-8-20(9-7-19)16-22-10-12-23-13-11-22/h2-9,21H,10-16H2,1H3. The van der Waals surface area contributed by atoms with Crippen LogP contribution in [0.4, 0.5) is 0 Å². The zero-order valence-electron chi connectivity index (χ0n) is 13.9. The first-order chi connectivity index (χ1) is 11.3. The minimum atomic E-state index is 0.862. The number of rotatable bonds is 6. The number of benzene rings is 2. The Morgan fingerprint density at radius 3 is 1.96 bits per heavy atom. The van der Waals surface area contributed by atoms with Gasteiger partial charge >= 0.3 is 0 Å². The molecular weight excluding hydrogens is 284 g/mol. The van der Waals surface area contributed by atoms with Gasteiger partial charge in [0.2, 0.25) is 0 Å². The summed E-state index contributed by atoms with van der Waals surface area (Å²) >= 11 is 0. The first kappa shape index (κ1) is 16.2. The summed E-state index contributed by atoms with van der Waals surface area (Å²) in [4.78, 5) is 2.45. The van der Waals surface area contributed by atoms with E-state index in [2.05, 4.69) is 65.7 Å². The summed E-state index contributed by atoms with van der Waals surface area (Å²) in [6, 6.07) is 17.7. The van der Waals surface area contributed by atoms with Crippen LogP contribution in [0.5, 0.6) is 0 Å². The van der Waals surface area contributed by atoms with Gasteiger partial charge in [-0.25, -0.2) is 0 Å². The molecule has 23 heavy (non-hydrogen) atoms. The van der Waals surface area contributed by atoms with Crippen LogP contribution in [-0.4, -0.2) is 31.2 Å². The topological polar surface area (TPSA) is 24.5 Å². The van der Waals surface area contributed by atoms with Gasteiger partial charge in [-0.3, -0.25) is 4.90 Å². The lowest BCUT2D eigenvalue weighted by Crippen LogP contribution is -2.35. The SMILES string of the molecule is Cc1ccc(CNCc2ccc(CN3CCOCC3)cc2)cc1. The van der Waals surface area contributed by atoms with Crippen LogP contribution in [0.3, 0.4) is 0 Å². The predicted molar refractivity (Wildman–Crippen MR) is 94.3 cm³/mol. The molecule has 0 radical (unpaired) electrons. The van der Waals surface area contributed by atoms with E-state index >= 15 is 0 Å². The maximum Gasteiger partial charge on any atom is 0.0594 e. The number of morpholine rings is 1. The molecular formula is C20H26N2O. The molecule has 1 aliphatic heterocycles. The minimum absolute atomic E-state index is 0.862. The van der Waals surface area contributed by atoms with Gasteiger partial charge in [-0.2, -0.15) is 0 Å². The number of hydrogen-bond donors (Lipinski definition) is 1. The van der Waals surface area contributed by atoms with Crippen LogP contribution < -0.4 is 5.32 Å². The minimum Gasteiger partial charge on any atom is -0.379 e. The number of nitrogens with one attached hydrogen (secondary N) is 1. The summed E-state index contributed by atoms with van der Waals surface area (Å²) < 4.78 is 5.39. The predicted octanol–water partition coefficient (Wildman–Crippen LogP) is 3.12. The fourth-order valence-corrected chi connectivity index (χ4v) is 2.84. The zero-order valence-corrected chi connectivity index (χ0v) is 13.9. The summed E-state index contributed by atoms with van der Waals surface area (Å²) in [6.45, 7) is 8.78. The molecule has 0 unspecified atom stereocenters. The monoisotopic (exact) mass is 310 g/mol. The average molecular weight is 310 g/mol. The van der Waals surface area contributed by atoms with Crippen molar-refractivity contribution in [2.75, 3.05) is 26.3 Å². The molecule has 0 atom stereocenters. The zero-order chi connectivity index (χ0) is 15.9. The lowest BCUT2D eigenvalue weighted by atomic mass is 10.1. The van der Waals surface area contributed by atoms with Crippen molar-refractivity contribution in [2.45, 2.75) is 26.6 Å². The highest BCUT2D eigenvalue weighted by atomic mass is 16.5. The number of ether oxygens (including phenoxy) is 1. The summed E-state index contributed by atoms with van der Waals surface area (Å²) in [5.74, 6) is 0. The summed E-state index contributed by atoms with van der Waals surface area (Å²) in [7, 11) is 0. The third kappa shape index (κ3) is 5.17. The Morgan fingerprint density at radius 2 is 1.35 bits per heavy atom. The normalized spacial score (nSPS) is 15.7. The Hall–Kier alpha value is -1.68. The van der Waals surface area contributed by atoms with Crippen molar-refractivity contribution in [3.8, 4) is 0 Å². The molecule has 0 aromatic heterocycles. The molecule has 1 N–H and O–H groups in total. The van der Waals surface area contributed by atoms with E-state index in [1.54, 1.807) is 0 Å². The molecule has 1 saturated heterocycles. The van der Waals surface area contributed by atoms with Crippen molar-refractivity contribution in [2.24, 2.45) is 0 Å².